The van der Waals surface area contributed by atoms with Gasteiger partial charge in [-0.1, -0.05) is 12.2 Å². The fourth-order valence-corrected chi connectivity index (χ4v) is 2.95. The van der Waals surface area contributed by atoms with Gasteiger partial charge in [0.15, 0.2) is 0 Å². The zero-order valence-electron chi connectivity index (χ0n) is 10.7. The molecule has 0 amide bonds. The number of ether oxygens (including phenoxy) is 1. The average molecular weight is 223 g/mol. The Labute approximate surface area is 99.7 Å². The molecule has 0 N–H and O–H groups in total. The van der Waals surface area contributed by atoms with E-state index in [0.717, 1.165) is 19.0 Å². The highest BCUT2D eigenvalue weighted by atomic mass is 16.5. The van der Waals surface area contributed by atoms with Gasteiger partial charge in [0.05, 0.1) is 12.2 Å². The molecule has 0 aromatic carbocycles. The third kappa shape index (κ3) is 3.60. The number of hydrogen-bond acceptors (Lipinski definition) is 2. The molecule has 2 rings (SSSR count). The summed E-state index contributed by atoms with van der Waals surface area (Å²) in [7, 11) is 0. The number of morpholine rings is 1. The monoisotopic (exact) mass is 223 g/mol. The van der Waals surface area contributed by atoms with Gasteiger partial charge >= 0.3 is 0 Å². The summed E-state index contributed by atoms with van der Waals surface area (Å²) in [5.41, 5.74) is 0. The molecule has 2 heteroatoms. The average Bonchev–Trinajstić information content (AvgIpc) is 2.27. The molecule has 1 heterocycles. The maximum Gasteiger partial charge on any atom is 0.0678 e. The zero-order chi connectivity index (χ0) is 11.4. The molecule has 3 unspecified atom stereocenters. The lowest BCUT2D eigenvalue weighted by Crippen LogP contribution is -2.45. The van der Waals surface area contributed by atoms with Gasteiger partial charge < -0.3 is 4.74 Å². The van der Waals surface area contributed by atoms with Crippen molar-refractivity contribution in [2.45, 2.75) is 51.7 Å². The van der Waals surface area contributed by atoms with E-state index in [2.05, 4.69) is 30.9 Å². The van der Waals surface area contributed by atoms with Gasteiger partial charge in [-0.3, -0.25) is 4.90 Å². The molecule has 92 valence electrons. The first-order chi connectivity index (χ1) is 7.74. The first-order valence-corrected chi connectivity index (χ1v) is 6.77. The molecule has 0 radical (unpaired) electrons. The van der Waals surface area contributed by atoms with Crippen molar-refractivity contribution in [2.75, 3.05) is 19.6 Å². The van der Waals surface area contributed by atoms with Crippen LogP contribution >= 0.6 is 0 Å². The third-order valence-corrected chi connectivity index (χ3v) is 3.73. The Balaban J connectivity index is 1.70. The quantitative estimate of drug-likeness (QED) is 0.682. The van der Waals surface area contributed by atoms with E-state index in [1.165, 1.54) is 32.2 Å². The Kier molecular flexibility index (Phi) is 4.42. The SMILES string of the molecule is CC1CN(CCC2CC=CCC2)CC(C)O1. The lowest BCUT2D eigenvalue weighted by atomic mass is 9.91. The van der Waals surface area contributed by atoms with Crippen LogP contribution in [0.1, 0.15) is 39.5 Å². The number of allylic oxidation sites excluding steroid dienone is 2. The highest BCUT2D eigenvalue weighted by Crippen LogP contribution is 2.22. The van der Waals surface area contributed by atoms with E-state index in [9.17, 15) is 0 Å². The molecule has 1 aliphatic carbocycles. The molecular weight excluding hydrogens is 198 g/mol. The lowest BCUT2D eigenvalue weighted by molar-refractivity contribution is -0.0689. The minimum atomic E-state index is 0.412. The molecule has 2 nitrogen and oxygen atoms in total. The summed E-state index contributed by atoms with van der Waals surface area (Å²) in [5, 5.41) is 0. The van der Waals surface area contributed by atoms with Gasteiger partial charge in [0, 0.05) is 13.1 Å². The fourth-order valence-electron chi connectivity index (χ4n) is 2.95. The van der Waals surface area contributed by atoms with Gasteiger partial charge in [-0.15, -0.1) is 0 Å². The molecule has 3 atom stereocenters. The van der Waals surface area contributed by atoms with E-state index in [1.807, 2.05) is 0 Å². The van der Waals surface area contributed by atoms with Gasteiger partial charge in [0.25, 0.3) is 0 Å². The molecule has 2 aliphatic rings. The topological polar surface area (TPSA) is 12.5 Å². The minimum Gasteiger partial charge on any atom is -0.373 e. The van der Waals surface area contributed by atoms with E-state index in [-0.39, 0.29) is 0 Å². The van der Waals surface area contributed by atoms with Crippen molar-refractivity contribution < 1.29 is 4.74 Å². The maximum atomic E-state index is 5.76. The van der Waals surface area contributed by atoms with Crippen LogP contribution in [0.4, 0.5) is 0 Å². The van der Waals surface area contributed by atoms with Crippen LogP contribution in [0.15, 0.2) is 12.2 Å². The Morgan fingerprint density at radius 1 is 1.19 bits per heavy atom. The zero-order valence-corrected chi connectivity index (χ0v) is 10.7. The van der Waals surface area contributed by atoms with Crippen molar-refractivity contribution in [2.24, 2.45) is 5.92 Å². The normalized spacial score (nSPS) is 36.5. The van der Waals surface area contributed by atoms with Crippen molar-refractivity contribution in [1.82, 2.24) is 4.90 Å². The number of hydrogen-bond donors (Lipinski definition) is 0. The van der Waals surface area contributed by atoms with Crippen molar-refractivity contribution in [1.29, 1.82) is 0 Å². The summed E-state index contributed by atoms with van der Waals surface area (Å²) in [6, 6.07) is 0. The lowest BCUT2D eigenvalue weighted by Gasteiger charge is -2.36. The summed E-state index contributed by atoms with van der Waals surface area (Å²) in [5.74, 6) is 0.929. The van der Waals surface area contributed by atoms with Crippen LogP contribution in [0.5, 0.6) is 0 Å². The van der Waals surface area contributed by atoms with Gasteiger partial charge in [-0.2, -0.15) is 0 Å². The summed E-state index contributed by atoms with van der Waals surface area (Å²) in [6.07, 6.45) is 10.9. The van der Waals surface area contributed by atoms with Crippen molar-refractivity contribution in [3.63, 3.8) is 0 Å². The van der Waals surface area contributed by atoms with Crippen LogP contribution in [0.2, 0.25) is 0 Å². The van der Waals surface area contributed by atoms with Crippen molar-refractivity contribution >= 4 is 0 Å². The molecule has 0 aromatic heterocycles. The Morgan fingerprint density at radius 3 is 2.56 bits per heavy atom. The predicted molar refractivity (Wildman–Crippen MR) is 67.5 cm³/mol. The van der Waals surface area contributed by atoms with Gasteiger partial charge in [0.1, 0.15) is 0 Å². The van der Waals surface area contributed by atoms with Crippen LogP contribution in [-0.2, 0) is 4.74 Å². The molecule has 1 aliphatic heterocycles. The molecule has 1 saturated heterocycles. The fraction of sp³-hybridized carbons (Fsp3) is 0.857. The molecule has 16 heavy (non-hydrogen) atoms. The largest absolute Gasteiger partial charge is 0.373 e. The third-order valence-electron chi connectivity index (χ3n) is 3.73. The van der Waals surface area contributed by atoms with Crippen LogP contribution in [0, 0.1) is 5.92 Å². The van der Waals surface area contributed by atoms with E-state index in [4.69, 9.17) is 4.74 Å². The predicted octanol–water partition coefficient (Wildman–Crippen LogP) is 2.84. The van der Waals surface area contributed by atoms with Crippen LogP contribution in [-0.4, -0.2) is 36.7 Å². The van der Waals surface area contributed by atoms with Crippen molar-refractivity contribution in [3.8, 4) is 0 Å². The Hall–Kier alpha value is -0.340. The second-order valence-electron chi connectivity index (χ2n) is 5.46. The molecule has 0 bridgehead atoms. The highest BCUT2D eigenvalue weighted by Gasteiger charge is 2.22. The van der Waals surface area contributed by atoms with E-state index >= 15 is 0 Å². The smallest absolute Gasteiger partial charge is 0.0678 e. The van der Waals surface area contributed by atoms with E-state index < -0.39 is 0 Å². The van der Waals surface area contributed by atoms with Gasteiger partial charge in [-0.25, -0.2) is 0 Å². The van der Waals surface area contributed by atoms with Crippen LogP contribution in [0.25, 0.3) is 0 Å². The minimum absolute atomic E-state index is 0.412. The summed E-state index contributed by atoms with van der Waals surface area (Å²) in [4.78, 5) is 2.58. The Bertz CT molecular complexity index is 229. The second-order valence-corrected chi connectivity index (χ2v) is 5.46. The summed E-state index contributed by atoms with van der Waals surface area (Å²) in [6.45, 7) is 7.87. The van der Waals surface area contributed by atoms with Crippen LogP contribution < -0.4 is 0 Å². The standard InChI is InChI=1S/C14H25NO/c1-12-10-15(11-13(2)16-12)9-8-14-6-4-3-5-7-14/h3-4,12-14H,5-11H2,1-2H3. The van der Waals surface area contributed by atoms with Gasteiger partial charge in [0.2, 0.25) is 0 Å². The molecule has 0 spiro atoms. The van der Waals surface area contributed by atoms with E-state index in [0.29, 0.717) is 12.2 Å². The molecular formula is C14H25NO. The summed E-state index contributed by atoms with van der Waals surface area (Å²) >= 11 is 0. The number of nitrogens with zero attached hydrogens (tertiary/aromatic N) is 1. The first kappa shape index (κ1) is 12.1. The van der Waals surface area contributed by atoms with Crippen LogP contribution in [0.3, 0.4) is 0 Å². The maximum absolute atomic E-state index is 5.76. The first-order valence-electron chi connectivity index (χ1n) is 6.77. The second kappa shape index (κ2) is 5.83. The summed E-state index contributed by atoms with van der Waals surface area (Å²) < 4.78 is 5.76. The molecule has 1 fully saturated rings. The number of rotatable bonds is 3. The molecule has 0 aromatic rings. The highest BCUT2D eigenvalue weighted by molar-refractivity contribution is 4.90. The van der Waals surface area contributed by atoms with E-state index in [1.54, 1.807) is 0 Å². The molecule has 0 saturated carbocycles. The Morgan fingerprint density at radius 2 is 1.94 bits per heavy atom. The van der Waals surface area contributed by atoms with Crippen molar-refractivity contribution in [3.05, 3.63) is 12.2 Å². The van der Waals surface area contributed by atoms with Gasteiger partial charge in [-0.05, 0) is 52.0 Å².